The highest BCUT2D eigenvalue weighted by molar-refractivity contribution is 5.07. The lowest BCUT2D eigenvalue weighted by Crippen LogP contribution is -2.54. The van der Waals surface area contributed by atoms with Gasteiger partial charge in [0.15, 0.2) is 0 Å². The van der Waals surface area contributed by atoms with Crippen molar-refractivity contribution in [2.24, 2.45) is 5.92 Å². The van der Waals surface area contributed by atoms with Gasteiger partial charge in [-0.25, -0.2) is 0 Å². The molecule has 1 spiro atoms. The van der Waals surface area contributed by atoms with E-state index in [1.54, 1.807) is 6.26 Å². The van der Waals surface area contributed by atoms with Crippen LogP contribution >= 0.6 is 0 Å². The van der Waals surface area contributed by atoms with Crippen molar-refractivity contribution in [1.29, 1.82) is 0 Å². The molecule has 0 radical (unpaired) electrons. The standard InChI is InChI=1S/C14H21NO2/c1-11-4-7-14(8-5-11)15-12(6-10-17-14)13-3-2-9-16-13/h2-3,9,11-12,15H,4-8,10H2,1H3. The Kier molecular flexibility index (Phi) is 2.97. The van der Waals surface area contributed by atoms with Crippen LogP contribution in [0.5, 0.6) is 0 Å². The Bertz CT molecular complexity index is 352. The molecule has 1 N–H and O–H groups in total. The molecule has 1 unspecified atom stereocenters. The van der Waals surface area contributed by atoms with E-state index in [-0.39, 0.29) is 5.72 Å². The zero-order valence-corrected chi connectivity index (χ0v) is 10.4. The molecule has 0 bridgehead atoms. The van der Waals surface area contributed by atoms with Crippen LogP contribution in [0.3, 0.4) is 0 Å². The molecule has 94 valence electrons. The average molecular weight is 235 g/mol. The molecule has 1 aromatic rings. The molecule has 1 aliphatic carbocycles. The SMILES string of the molecule is CC1CCC2(CC1)NC(c1ccco1)CCO2. The fourth-order valence-electron chi connectivity index (χ4n) is 3.02. The molecule has 2 fully saturated rings. The minimum absolute atomic E-state index is 0.0811. The molecular formula is C14H21NO2. The van der Waals surface area contributed by atoms with Crippen LogP contribution in [0.25, 0.3) is 0 Å². The quantitative estimate of drug-likeness (QED) is 0.811. The smallest absolute Gasteiger partial charge is 0.120 e. The van der Waals surface area contributed by atoms with E-state index in [9.17, 15) is 0 Å². The van der Waals surface area contributed by atoms with Gasteiger partial charge in [-0.05, 0) is 50.2 Å². The van der Waals surface area contributed by atoms with E-state index in [4.69, 9.17) is 9.15 Å². The Hall–Kier alpha value is -0.800. The van der Waals surface area contributed by atoms with Crippen molar-refractivity contribution < 1.29 is 9.15 Å². The number of ether oxygens (including phenoxy) is 1. The summed E-state index contributed by atoms with van der Waals surface area (Å²) in [5.74, 6) is 1.89. The summed E-state index contributed by atoms with van der Waals surface area (Å²) in [5, 5.41) is 3.68. The fraction of sp³-hybridized carbons (Fsp3) is 0.714. The highest BCUT2D eigenvalue weighted by Gasteiger charge is 2.40. The highest BCUT2D eigenvalue weighted by Crippen LogP contribution is 2.38. The molecule has 1 saturated carbocycles. The number of nitrogens with one attached hydrogen (secondary N) is 1. The third-order valence-corrected chi connectivity index (χ3v) is 4.19. The van der Waals surface area contributed by atoms with Gasteiger partial charge in [0, 0.05) is 0 Å². The number of furan rings is 1. The van der Waals surface area contributed by atoms with Gasteiger partial charge < -0.3 is 9.15 Å². The summed E-state index contributed by atoms with van der Waals surface area (Å²) in [7, 11) is 0. The summed E-state index contributed by atoms with van der Waals surface area (Å²) in [6, 6.07) is 4.34. The molecule has 1 aromatic heterocycles. The van der Waals surface area contributed by atoms with Crippen LogP contribution in [0, 0.1) is 5.92 Å². The van der Waals surface area contributed by atoms with Crippen molar-refractivity contribution >= 4 is 0 Å². The maximum Gasteiger partial charge on any atom is 0.120 e. The van der Waals surface area contributed by atoms with Gasteiger partial charge in [0.1, 0.15) is 11.5 Å². The van der Waals surface area contributed by atoms with Crippen molar-refractivity contribution in [3.05, 3.63) is 24.2 Å². The van der Waals surface area contributed by atoms with E-state index in [1.807, 2.05) is 6.07 Å². The number of hydrogen-bond acceptors (Lipinski definition) is 3. The lowest BCUT2D eigenvalue weighted by Gasteiger charge is -2.45. The van der Waals surface area contributed by atoms with Gasteiger partial charge >= 0.3 is 0 Å². The van der Waals surface area contributed by atoms with Crippen LogP contribution in [-0.2, 0) is 4.74 Å². The molecule has 1 saturated heterocycles. The Morgan fingerprint density at radius 1 is 1.29 bits per heavy atom. The van der Waals surface area contributed by atoms with E-state index in [1.165, 1.54) is 12.8 Å². The third kappa shape index (κ3) is 2.26. The van der Waals surface area contributed by atoms with E-state index in [0.29, 0.717) is 6.04 Å². The van der Waals surface area contributed by atoms with Crippen LogP contribution in [0.1, 0.15) is 50.8 Å². The largest absolute Gasteiger partial charge is 0.468 e. The molecule has 1 aliphatic heterocycles. The lowest BCUT2D eigenvalue weighted by molar-refractivity contribution is -0.137. The van der Waals surface area contributed by atoms with Crippen LogP contribution < -0.4 is 5.32 Å². The molecule has 1 atom stereocenters. The minimum Gasteiger partial charge on any atom is -0.468 e. The van der Waals surface area contributed by atoms with Crippen molar-refractivity contribution in [2.45, 2.75) is 50.8 Å². The first-order valence-corrected chi connectivity index (χ1v) is 6.72. The summed E-state index contributed by atoms with van der Waals surface area (Å²) in [4.78, 5) is 0. The van der Waals surface area contributed by atoms with Crippen molar-refractivity contribution in [3.63, 3.8) is 0 Å². The highest BCUT2D eigenvalue weighted by atomic mass is 16.5. The van der Waals surface area contributed by atoms with Gasteiger partial charge in [0.25, 0.3) is 0 Å². The van der Waals surface area contributed by atoms with E-state index >= 15 is 0 Å². The maximum absolute atomic E-state index is 6.03. The second-order valence-electron chi connectivity index (χ2n) is 5.53. The van der Waals surface area contributed by atoms with Crippen LogP contribution in [0.4, 0.5) is 0 Å². The first-order valence-electron chi connectivity index (χ1n) is 6.72. The molecule has 17 heavy (non-hydrogen) atoms. The zero-order valence-electron chi connectivity index (χ0n) is 10.4. The minimum atomic E-state index is -0.0811. The summed E-state index contributed by atoms with van der Waals surface area (Å²) in [6.45, 7) is 3.17. The summed E-state index contributed by atoms with van der Waals surface area (Å²) < 4.78 is 11.5. The molecule has 3 rings (SSSR count). The summed E-state index contributed by atoms with van der Waals surface area (Å²) >= 11 is 0. The molecule has 0 amide bonds. The average Bonchev–Trinajstić information content (AvgIpc) is 2.88. The summed E-state index contributed by atoms with van der Waals surface area (Å²) in [5.41, 5.74) is -0.0811. The van der Waals surface area contributed by atoms with Crippen molar-refractivity contribution in [2.75, 3.05) is 6.61 Å². The predicted molar refractivity (Wildman–Crippen MR) is 65.5 cm³/mol. The number of rotatable bonds is 1. The van der Waals surface area contributed by atoms with Crippen LogP contribution in [0.2, 0.25) is 0 Å². The maximum atomic E-state index is 6.03. The topological polar surface area (TPSA) is 34.4 Å². The number of hydrogen-bond donors (Lipinski definition) is 1. The molecule has 0 aromatic carbocycles. The first-order chi connectivity index (χ1) is 8.27. The molecule has 3 nitrogen and oxygen atoms in total. The molecule has 3 heteroatoms. The van der Waals surface area contributed by atoms with E-state index < -0.39 is 0 Å². The molecular weight excluding hydrogens is 214 g/mol. The molecule has 2 heterocycles. The second kappa shape index (κ2) is 4.46. The molecule has 2 aliphatic rings. The Morgan fingerprint density at radius 3 is 2.82 bits per heavy atom. The third-order valence-electron chi connectivity index (χ3n) is 4.19. The zero-order chi connectivity index (χ0) is 11.7. The monoisotopic (exact) mass is 235 g/mol. The van der Waals surface area contributed by atoms with E-state index in [0.717, 1.165) is 37.5 Å². The van der Waals surface area contributed by atoms with Gasteiger partial charge in [0.05, 0.1) is 18.9 Å². The van der Waals surface area contributed by atoms with Crippen molar-refractivity contribution in [3.8, 4) is 0 Å². The summed E-state index contributed by atoms with van der Waals surface area (Å²) in [6.07, 6.45) is 7.54. The second-order valence-corrected chi connectivity index (χ2v) is 5.53. The van der Waals surface area contributed by atoms with E-state index in [2.05, 4.69) is 18.3 Å². The van der Waals surface area contributed by atoms with Gasteiger partial charge in [-0.15, -0.1) is 0 Å². The lowest BCUT2D eigenvalue weighted by atomic mass is 9.83. The van der Waals surface area contributed by atoms with Gasteiger partial charge in [-0.3, -0.25) is 5.32 Å². The Labute approximate surface area is 103 Å². The van der Waals surface area contributed by atoms with Crippen LogP contribution in [-0.4, -0.2) is 12.3 Å². The van der Waals surface area contributed by atoms with Crippen LogP contribution in [0.15, 0.2) is 22.8 Å². The Balaban J connectivity index is 1.71. The van der Waals surface area contributed by atoms with Gasteiger partial charge in [-0.1, -0.05) is 6.92 Å². The van der Waals surface area contributed by atoms with Crippen molar-refractivity contribution in [1.82, 2.24) is 5.32 Å². The fourth-order valence-corrected chi connectivity index (χ4v) is 3.02. The normalized spacial score (nSPS) is 38.4. The Morgan fingerprint density at radius 2 is 2.12 bits per heavy atom. The first kappa shape index (κ1) is 11.3. The predicted octanol–water partition coefficient (Wildman–Crippen LogP) is 3.24. The van der Waals surface area contributed by atoms with Gasteiger partial charge in [-0.2, -0.15) is 0 Å². The van der Waals surface area contributed by atoms with Gasteiger partial charge in [0.2, 0.25) is 0 Å².